The van der Waals surface area contributed by atoms with Crippen LogP contribution in [0.5, 0.6) is 0 Å². The quantitative estimate of drug-likeness (QED) is 0.478. The molecule has 0 N–H and O–H groups in total. The van der Waals surface area contributed by atoms with Crippen LogP contribution < -0.4 is 0 Å². The Bertz CT molecular complexity index is 592. The largest absolute Gasteiger partial charge is 0.314 e. The summed E-state index contributed by atoms with van der Waals surface area (Å²) < 4.78 is 1.55. The molecular weight excluding hydrogens is 244 g/mol. The molecule has 0 aliphatic carbocycles. The topological polar surface area (TPSA) is 65.1 Å². The Labute approximate surface area is 101 Å². The summed E-state index contributed by atoms with van der Waals surface area (Å²) in [7, 11) is 0. The summed E-state index contributed by atoms with van der Waals surface area (Å²) in [5, 5.41) is 10.8. The van der Waals surface area contributed by atoms with Crippen molar-refractivity contribution in [2.45, 2.75) is 0 Å². The van der Waals surface area contributed by atoms with E-state index in [1.165, 1.54) is 12.1 Å². The Kier molecular flexibility index (Phi) is 2.93. The van der Waals surface area contributed by atoms with Crippen LogP contribution >= 0.6 is 11.6 Å². The van der Waals surface area contributed by atoms with E-state index in [0.29, 0.717) is 17.7 Å². The highest BCUT2D eigenvalue weighted by molar-refractivity contribution is 6.32. The maximum atomic E-state index is 10.8. The van der Waals surface area contributed by atoms with Crippen LogP contribution in [0.4, 0.5) is 5.69 Å². The molecule has 17 heavy (non-hydrogen) atoms. The van der Waals surface area contributed by atoms with Crippen molar-refractivity contribution in [2.75, 3.05) is 0 Å². The number of nitro groups is 1. The Morgan fingerprint density at radius 3 is 2.76 bits per heavy atom. The molecule has 5 nitrogen and oxygen atoms in total. The molecule has 0 saturated carbocycles. The lowest BCUT2D eigenvalue weighted by Gasteiger charge is -2.05. The van der Waals surface area contributed by atoms with Gasteiger partial charge in [0.15, 0.2) is 6.29 Å². The van der Waals surface area contributed by atoms with E-state index >= 15 is 0 Å². The molecule has 86 valence electrons. The van der Waals surface area contributed by atoms with Crippen LogP contribution in [0.1, 0.15) is 10.5 Å². The van der Waals surface area contributed by atoms with Crippen LogP contribution in [0, 0.1) is 10.1 Å². The molecule has 2 aromatic rings. The van der Waals surface area contributed by atoms with Gasteiger partial charge in [-0.1, -0.05) is 11.6 Å². The van der Waals surface area contributed by atoms with Crippen molar-refractivity contribution in [1.82, 2.24) is 4.57 Å². The van der Waals surface area contributed by atoms with Gasteiger partial charge in [-0.25, -0.2) is 0 Å². The summed E-state index contributed by atoms with van der Waals surface area (Å²) in [6.07, 6.45) is 2.33. The number of benzene rings is 1. The van der Waals surface area contributed by atoms with Gasteiger partial charge in [0.05, 0.1) is 16.3 Å². The van der Waals surface area contributed by atoms with Gasteiger partial charge in [0, 0.05) is 12.3 Å². The average Bonchev–Trinajstić information content (AvgIpc) is 2.77. The smallest absolute Gasteiger partial charge is 0.289 e. The van der Waals surface area contributed by atoms with E-state index < -0.39 is 4.92 Å². The number of carbonyl (C=O) groups is 1. The minimum Gasteiger partial charge on any atom is -0.314 e. The van der Waals surface area contributed by atoms with Crippen molar-refractivity contribution in [1.29, 1.82) is 0 Å². The standard InChI is InChI=1S/C11H7ClN2O3/c12-10-4-3-8(6-11(10)14(16)17)13-5-1-2-9(13)7-15/h1-7H. The number of rotatable bonds is 3. The van der Waals surface area contributed by atoms with E-state index in [2.05, 4.69) is 0 Å². The Morgan fingerprint density at radius 1 is 1.35 bits per heavy atom. The van der Waals surface area contributed by atoms with Crippen molar-refractivity contribution in [2.24, 2.45) is 0 Å². The first-order valence-corrected chi connectivity index (χ1v) is 5.08. The monoisotopic (exact) mass is 250 g/mol. The van der Waals surface area contributed by atoms with Crippen molar-refractivity contribution >= 4 is 23.6 Å². The Morgan fingerprint density at radius 2 is 2.12 bits per heavy atom. The van der Waals surface area contributed by atoms with Gasteiger partial charge in [-0.05, 0) is 24.3 Å². The molecule has 0 radical (unpaired) electrons. The molecule has 1 aromatic heterocycles. The maximum absolute atomic E-state index is 10.8. The van der Waals surface area contributed by atoms with E-state index in [4.69, 9.17) is 11.6 Å². The Balaban J connectivity index is 2.57. The highest BCUT2D eigenvalue weighted by Gasteiger charge is 2.14. The van der Waals surface area contributed by atoms with Crippen LogP contribution in [0.2, 0.25) is 5.02 Å². The Hall–Kier alpha value is -2.14. The number of carbonyl (C=O) groups excluding carboxylic acids is 1. The third-order valence-corrected chi connectivity index (χ3v) is 2.63. The molecule has 0 fully saturated rings. The number of nitrogens with zero attached hydrogens (tertiary/aromatic N) is 2. The summed E-state index contributed by atoms with van der Waals surface area (Å²) in [6.45, 7) is 0. The van der Waals surface area contributed by atoms with Gasteiger partial charge in [-0.3, -0.25) is 14.9 Å². The number of halogens is 1. The molecule has 0 aliphatic heterocycles. The van der Waals surface area contributed by atoms with Crippen molar-refractivity contribution in [3.05, 3.63) is 57.4 Å². The first kappa shape index (κ1) is 11.3. The summed E-state index contributed by atoms with van der Waals surface area (Å²) in [5.41, 5.74) is 0.754. The second kappa shape index (κ2) is 4.39. The minimum absolute atomic E-state index is 0.0681. The number of hydrogen-bond acceptors (Lipinski definition) is 3. The van der Waals surface area contributed by atoms with Crippen molar-refractivity contribution in [3.8, 4) is 5.69 Å². The third-order valence-electron chi connectivity index (χ3n) is 2.31. The van der Waals surface area contributed by atoms with Crippen molar-refractivity contribution < 1.29 is 9.72 Å². The van der Waals surface area contributed by atoms with Crippen LogP contribution in [0.15, 0.2) is 36.5 Å². The normalized spacial score (nSPS) is 10.2. The summed E-state index contributed by atoms with van der Waals surface area (Å²) >= 11 is 5.71. The highest BCUT2D eigenvalue weighted by atomic mass is 35.5. The molecule has 0 spiro atoms. The summed E-state index contributed by atoms with van der Waals surface area (Å²) in [6, 6.07) is 7.68. The molecule has 0 unspecified atom stereocenters. The average molecular weight is 251 g/mol. The van der Waals surface area contributed by atoms with Gasteiger partial charge in [0.1, 0.15) is 5.02 Å². The SMILES string of the molecule is O=Cc1cccn1-c1ccc(Cl)c([N+](=O)[O-])c1. The van der Waals surface area contributed by atoms with Crippen LogP contribution in [-0.2, 0) is 0 Å². The number of aldehydes is 1. The summed E-state index contributed by atoms with van der Waals surface area (Å²) in [5.74, 6) is 0. The summed E-state index contributed by atoms with van der Waals surface area (Å²) in [4.78, 5) is 20.9. The fourth-order valence-electron chi connectivity index (χ4n) is 1.52. The van der Waals surface area contributed by atoms with E-state index in [1.807, 2.05) is 0 Å². The van der Waals surface area contributed by atoms with E-state index in [-0.39, 0.29) is 10.7 Å². The second-order valence-corrected chi connectivity index (χ2v) is 3.72. The first-order valence-electron chi connectivity index (χ1n) is 4.70. The molecule has 0 saturated heterocycles. The zero-order valence-corrected chi connectivity index (χ0v) is 9.29. The van der Waals surface area contributed by atoms with Gasteiger partial charge in [0.2, 0.25) is 0 Å². The van der Waals surface area contributed by atoms with E-state index in [9.17, 15) is 14.9 Å². The fourth-order valence-corrected chi connectivity index (χ4v) is 1.70. The van der Waals surface area contributed by atoms with E-state index in [0.717, 1.165) is 0 Å². The molecule has 2 rings (SSSR count). The second-order valence-electron chi connectivity index (χ2n) is 3.31. The number of aromatic nitrogens is 1. The lowest BCUT2D eigenvalue weighted by Crippen LogP contribution is -1.99. The highest BCUT2D eigenvalue weighted by Crippen LogP contribution is 2.27. The molecule has 0 atom stereocenters. The van der Waals surface area contributed by atoms with Crippen LogP contribution in [0.25, 0.3) is 5.69 Å². The van der Waals surface area contributed by atoms with E-state index in [1.54, 1.807) is 29.0 Å². The maximum Gasteiger partial charge on any atom is 0.289 e. The fraction of sp³-hybridized carbons (Fsp3) is 0. The van der Waals surface area contributed by atoms with Gasteiger partial charge in [-0.15, -0.1) is 0 Å². The van der Waals surface area contributed by atoms with Crippen molar-refractivity contribution in [3.63, 3.8) is 0 Å². The molecule has 1 aromatic carbocycles. The minimum atomic E-state index is -0.560. The van der Waals surface area contributed by atoms with Crippen LogP contribution in [-0.4, -0.2) is 15.8 Å². The van der Waals surface area contributed by atoms with Gasteiger partial charge >= 0.3 is 0 Å². The predicted octanol–water partition coefficient (Wildman–Crippen LogP) is 2.85. The van der Waals surface area contributed by atoms with Gasteiger partial charge in [0.25, 0.3) is 5.69 Å². The first-order chi connectivity index (χ1) is 8.13. The third kappa shape index (κ3) is 2.05. The zero-order chi connectivity index (χ0) is 12.4. The lowest BCUT2D eigenvalue weighted by molar-refractivity contribution is -0.384. The molecular formula is C11H7ClN2O3. The predicted molar refractivity (Wildman–Crippen MR) is 62.8 cm³/mol. The zero-order valence-electron chi connectivity index (χ0n) is 8.54. The number of nitro benzene ring substituents is 1. The van der Waals surface area contributed by atoms with Gasteiger partial charge in [-0.2, -0.15) is 0 Å². The van der Waals surface area contributed by atoms with Crippen LogP contribution in [0.3, 0.4) is 0 Å². The lowest BCUT2D eigenvalue weighted by atomic mass is 10.2. The van der Waals surface area contributed by atoms with Gasteiger partial charge < -0.3 is 4.57 Å². The molecule has 1 heterocycles. The molecule has 0 aliphatic rings. The number of hydrogen-bond donors (Lipinski definition) is 0. The molecule has 0 bridgehead atoms. The molecule has 6 heteroatoms. The molecule has 0 amide bonds.